The van der Waals surface area contributed by atoms with Gasteiger partial charge in [0, 0.05) is 17.8 Å². The van der Waals surface area contributed by atoms with Gasteiger partial charge in [-0.05, 0) is 32.0 Å². The minimum absolute atomic E-state index is 0.0612. The Labute approximate surface area is 115 Å². The SMILES string of the molecule is Cc1ccc(-n2c(C)nc3cc([N+](=O)[O-])ccc32)cc1. The lowest BCUT2D eigenvalue weighted by atomic mass is 10.2. The van der Waals surface area contributed by atoms with Crippen molar-refractivity contribution in [3.05, 3.63) is 64.0 Å². The van der Waals surface area contributed by atoms with E-state index in [1.165, 1.54) is 17.7 Å². The molecule has 0 spiro atoms. The van der Waals surface area contributed by atoms with Crippen molar-refractivity contribution in [3.63, 3.8) is 0 Å². The van der Waals surface area contributed by atoms with Crippen LogP contribution in [0.2, 0.25) is 0 Å². The summed E-state index contributed by atoms with van der Waals surface area (Å²) < 4.78 is 2.00. The molecular formula is C15H13N3O2. The van der Waals surface area contributed by atoms with E-state index in [-0.39, 0.29) is 5.69 Å². The number of rotatable bonds is 2. The smallest absolute Gasteiger partial charge is 0.271 e. The maximum Gasteiger partial charge on any atom is 0.271 e. The summed E-state index contributed by atoms with van der Waals surface area (Å²) in [6.07, 6.45) is 0. The fraction of sp³-hybridized carbons (Fsp3) is 0.133. The summed E-state index contributed by atoms with van der Waals surface area (Å²) >= 11 is 0. The average Bonchev–Trinajstić information content (AvgIpc) is 2.74. The largest absolute Gasteiger partial charge is 0.297 e. The molecule has 5 heteroatoms. The second-order valence-corrected chi connectivity index (χ2v) is 4.76. The molecule has 0 unspecified atom stereocenters. The maximum atomic E-state index is 10.8. The molecule has 0 N–H and O–H groups in total. The van der Waals surface area contributed by atoms with Gasteiger partial charge in [-0.25, -0.2) is 4.98 Å². The standard InChI is InChI=1S/C15H13N3O2/c1-10-3-5-12(6-4-10)17-11(2)16-14-9-13(18(19)20)7-8-15(14)17/h3-9H,1-2H3. The zero-order valence-corrected chi connectivity index (χ0v) is 11.2. The molecule has 20 heavy (non-hydrogen) atoms. The van der Waals surface area contributed by atoms with Gasteiger partial charge in [0.05, 0.1) is 16.0 Å². The highest BCUT2D eigenvalue weighted by atomic mass is 16.6. The predicted molar refractivity (Wildman–Crippen MR) is 77.2 cm³/mol. The third kappa shape index (κ3) is 1.93. The van der Waals surface area contributed by atoms with Gasteiger partial charge in [-0.2, -0.15) is 0 Å². The maximum absolute atomic E-state index is 10.8. The quantitative estimate of drug-likeness (QED) is 0.527. The Morgan fingerprint density at radius 1 is 1.10 bits per heavy atom. The monoisotopic (exact) mass is 267 g/mol. The molecule has 3 rings (SSSR count). The molecule has 0 amide bonds. The van der Waals surface area contributed by atoms with Gasteiger partial charge in [0.2, 0.25) is 0 Å². The van der Waals surface area contributed by atoms with E-state index in [9.17, 15) is 10.1 Å². The molecule has 5 nitrogen and oxygen atoms in total. The number of nitro groups is 1. The molecule has 1 aromatic heterocycles. The van der Waals surface area contributed by atoms with Crippen molar-refractivity contribution >= 4 is 16.7 Å². The lowest BCUT2D eigenvalue weighted by molar-refractivity contribution is -0.384. The number of aromatic nitrogens is 2. The minimum Gasteiger partial charge on any atom is -0.297 e. The molecule has 0 bridgehead atoms. The number of hydrogen-bond acceptors (Lipinski definition) is 3. The second-order valence-electron chi connectivity index (χ2n) is 4.76. The second kappa shape index (κ2) is 4.45. The summed E-state index contributed by atoms with van der Waals surface area (Å²) in [6, 6.07) is 12.9. The number of imidazole rings is 1. The zero-order valence-electron chi connectivity index (χ0n) is 11.2. The Kier molecular flexibility index (Phi) is 2.75. The van der Waals surface area contributed by atoms with E-state index in [4.69, 9.17) is 0 Å². The highest BCUT2D eigenvalue weighted by molar-refractivity contribution is 5.80. The number of aryl methyl sites for hydroxylation is 2. The van der Waals surface area contributed by atoms with Gasteiger partial charge in [0.15, 0.2) is 0 Å². The normalized spacial score (nSPS) is 10.9. The van der Waals surface area contributed by atoms with E-state index in [1.807, 2.05) is 42.7 Å². The summed E-state index contributed by atoms with van der Waals surface area (Å²) in [5.41, 5.74) is 3.76. The third-order valence-corrected chi connectivity index (χ3v) is 3.31. The first-order valence-electron chi connectivity index (χ1n) is 6.27. The first kappa shape index (κ1) is 12.3. The van der Waals surface area contributed by atoms with Gasteiger partial charge in [-0.1, -0.05) is 17.7 Å². The van der Waals surface area contributed by atoms with E-state index in [1.54, 1.807) is 6.07 Å². The van der Waals surface area contributed by atoms with Crippen LogP contribution >= 0.6 is 0 Å². The number of hydrogen-bond donors (Lipinski definition) is 0. The third-order valence-electron chi connectivity index (χ3n) is 3.31. The van der Waals surface area contributed by atoms with E-state index in [0.717, 1.165) is 17.0 Å². The van der Waals surface area contributed by atoms with Crippen LogP contribution in [0.1, 0.15) is 11.4 Å². The summed E-state index contributed by atoms with van der Waals surface area (Å²) in [5.74, 6) is 0.810. The van der Waals surface area contributed by atoms with Crippen LogP contribution in [0.25, 0.3) is 16.7 Å². The predicted octanol–water partition coefficient (Wildman–Crippen LogP) is 3.55. The van der Waals surface area contributed by atoms with Gasteiger partial charge in [0.25, 0.3) is 5.69 Å². The first-order valence-corrected chi connectivity index (χ1v) is 6.27. The van der Waals surface area contributed by atoms with Crippen LogP contribution < -0.4 is 0 Å². The molecule has 0 atom stereocenters. The highest BCUT2D eigenvalue weighted by Crippen LogP contribution is 2.25. The van der Waals surface area contributed by atoms with Crippen molar-refractivity contribution in [1.82, 2.24) is 9.55 Å². The molecule has 0 radical (unpaired) electrons. The topological polar surface area (TPSA) is 61.0 Å². The van der Waals surface area contributed by atoms with Gasteiger partial charge < -0.3 is 0 Å². The molecule has 0 aliphatic heterocycles. The summed E-state index contributed by atoms with van der Waals surface area (Å²) in [4.78, 5) is 14.8. The van der Waals surface area contributed by atoms with Crippen molar-refractivity contribution < 1.29 is 4.92 Å². The highest BCUT2D eigenvalue weighted by Gasteiger charge is 2.13. The number of benzene rings is 2. The number of nitrogens with zero attached hydrogens (tertiary/aromatic N) is 3. The molecule has 0 aliphatic carbocycles. The Bertz CT molecular complexity index is 804. The van der Waals surface area contributed by atoms with Crippen molar-refractivity contribution in [2.75, 3.05) is 0 Å². The molecule has 0 fully saturated rings. The fourth-order valence-electron chi connectivity index (χ4n) is 2.32. The van der Waals surface area contributed by atoms with Crippen LogP contribution in [0.5, 0.6) is 0 Å². The van der Waals surface area contributed by atoms with E-state index < -0.39 is 4.92 Å². The Morgan fingerprint density at radius 3 is 2.45 bits per heavy atom. The molecule has 2 aromatic carbocycles. The fourth-order valence-corrected chi connectivity index (χ4v) is 2.32. The Balaban J connectivity index is 2.23. The number of nitro benzene ring substituents is 1. The molecule has 3 aromatic rings. The first-order chi connectivity index (χ1) is 9.56. The summed E-state index contributed by atoms with van der Waals surface area (Å²) in [5, 5.41) is 10.8. The van der Waals surface area contributed by atoms with E-state index >= 15 is 0 Å². The lowest BCUT2D eigenvalue weighted by Crippen LogP contribution is -1.96. The molecule has 100 valence electrons. The lowest BCUT2D eigenvalue weighted by Gasteiger charge is -2.07. The van der Waals surface area contributed by atoms with Gasteiger partial charge in [-0.15, -0.1) is 0 Å². The molecule has 0 aliphatic rings. The van der Waals surface area contributed by atoms with Crippen LogP contribution in [0.3, 0.4) is 0 Å². The van der Waals surface area contributed by atoms with E-state index in [2.05, 4.69) is 4.98 Å². The summed E-state index contributed by atoms with van der Waals surface area (Å²) in [7, 11) is 0. The van der Waals surface area contributed by atoms with Crippen molar-refractivity contribution in [2.45, 2.75) is 13.8 Å². The van der Waals surface area contributed by atoms with Gasteiger partial charge in [0.1, 0.15) is 5.82 Å². The van der Waals surface area contributed by atoms with Crippen LogP contribution in [-0.4, -0.2) is 14.5 Å². The van der Waals surface area contributed by atoms with Gasteiger partial charge >= 0.3 is 0 Å². The Morgan fingerprint density at radius 2 is 1.80 bits per heavy atom. The van der Waals surface area contributed by atoms with Crippen LogP contribution in [-0.2, 0) is 0 Å². The van der Waals surface area contributed by atoms with Crippen molar-refractivity contribution in [2.24, 2.45) is 0 Å². The van der Waals surface area contributed by atoms with Crippen molar-refractivity contribution in [1.29, 1.82) is 0 Å². The molecule has 0 saturated heterocycles. The summed E-state index contributed by atoms with van der Waals surface area (Å²) in [6.45, 7) is 3.93. The van der Waals surface area contributed by atoms with Gasteiger partial charge in [-0.3, -0.25) is 14.7 Å². The van der Waals surface area contributed by atoms with Crippen LogP contribution in [0.15, 0.2) is 42.5 Å². The number of non-ortho nitro benzene ring substituents is 1. The molecule has 0 saturated carbocycles. The van der Waals surface area contributed by atoms with Crippen LogP contribution in [0, 0.1) is 24.0 Å². The van der Waals surface area contributed by atoms with Crippen molar-refractivity contribution in [3.8, 4) is 5.69 Å². The Hall–Kier alpha value is -2.69. The zero-order chi connectivity index (χ0) is 14.3. The minimum atomic E-state index is -0.403. The number of fused-ring (bicyclic) bond motifs is 1. The molecular weight excluding hydrogens is 254 g/mol. The molecule has 1 heterocycles. The van der Waals surface area contributed by atoms with E-state index in [0.29, 0.717) is 5.52 Å². The average molecular weight is 267 g/mol. The van der Waals surface area contributed by atoms with Crippen LogP contribution in [0.4, 0.5) is 5.69 Å².